The third-order valence-corrected chi connectivity index (χ3v) is 7.69. The van der Waals surface area contributed by atoms with Crippen LogP contribution in [0.15, 0.2) is 91.0 Å². The Bertz CT molecular complexity index is 1620. The number of rotatable bonds is 7. The molecule has 4 N–H and O–H groups in total. The quantitative estimate of drug-likeness (QED) is 0.165. The molecule has 0 aliphatic carbocycles. The summed E-state index contributed by atoms with van der Waals surface area (Å²) in [6.45, 7) is 4.09. The van der Waals surface area contributed by atoms with E-state index in [2.05, 4.69) is 10.6 Å². The van der Waals surface area contributed by atoms with Crippen LogP contribution in [0.2, 0.25) is 0 Å². The molecule has 1 saturated heterocycles. The molecule has 0 spiro atoms. The first kappa shape index (κ1) is 30.6. The molecule has 0 radical (unpaired) electrons. The van der Waals surface area contributed by atoms with Gasteiger partial charge in [0, 0.05) is 43.1 Å². The maximum Gasteiger partial charge on any atom is 0.416 e. The van der Waals surface area contributed by atoms with Gasteiger partial charge in [0.2, 0.25) is 5.91 Å². The number of amides is 2. The number of benzene rings is 4. The third kappa shape index (κ3) is 7.17. The molecule has 1 unspecified atom stereocenters. The summed E-state index contributed by atoms with van der Waals surface area (Å²) < 4.78 is 51.9. The second-order valence-electron chi connectivity index (χ2n) is 10.6. The normalized spacial score (nSPS) is 14.6. The number of nitrogens with zero attached hydrogens (tertiary/aromatic N) is 2. The van der Waals surface area contributed by atoms with E-state index in [0.29, 0.717) is 54.5 Å². The fourth-order valence-corrected chi connectivity index (χ4v) is 5.03. The average molecular weight is 606 g/mol. The topological polar surface area (TPSA) is 90.7 Å². The lowest BCUT2D eigenvalue weighted by atomic mass is 10.0. The summed E-state index contributed by atoms with van der Waals surface area (Å²) in [6.07, 6.45) is -4.37. The molecule has 1 fully saturated rings. The maximum absolute atomic E-state index is 13.3. The molecular weight excluding hydrogens is 574 g/mol. The summed E-state index contributed by atoms with van der Waals surface area (Å²) in [5, 5.41) is 5.69. The molecule has 5 rings (SSSR count). The first-order chi connectivity index (χ1) is 21.0. The predicted molar refractivity (Wildman–Crippen MR) is 164 cm³/mol. The van der Waals surface area contributed by atoms with Crippen LogP contribution in [0, 0.1) is 5.82 Å². The highest BCUT2D eigenvalue weighted by molar-refractivity contribution is 6.06. The molecule has 0 saturated carbocycles. The lowest BCUT2D eigenvalue weighted by Crippen LogP contribution is -2.52. The van der Waals surface area contributed by atoms with Crippen LogP contribution in [0.3, 0.4) is 0 Å². The Hall–Kier alpha value is -4.90. The average Bonchev–Trinajstić information content (AvgIpc) is 3.02. The number of nitrogens with one attached hydrogen (secondary N) is 2. The SMILES string of the molecule is CC(C(=O)Nc1ccc(C(=O)Nc2cc(-c3ccc(F)cc3)ccc2N)cc1)N1CCN(c2ccc(C(F)(F)F)cc2)CC1. The Kier molecular flexibility index (Phi) is 8.86. The van der Waals surface area contributed by atoms with Crippen molar-refractivity contribution >= 4 is 34.6 Å². The van der Waals surface area contributed by atoms with Crippen LogP contribution < -0.4 is 21.3 Å². The minimum atomic E-state index is -4.37. The number of nitrogens with two attached hydrogens (primary N) is 1. The number of hydrogen-bond donors (Lipinski definition) is 3. The number of carbonyl (C=O) groups excluding carboxylic acids is 2. The number of nitrogen functional groups attached to an aromatic ring is 1. The van der Waals surface area contributed by atoms with Crippen LogP contribution in [0.4, 0.5) is 40.3 Å². The minimum Gasteiger partial charge on any atom is -0.397 e. The van der Waals surface area contributed by atoms with Crippen LogP contribution in [-0.4, -0.2) is 48.9 Å². The van der Waals surface area contributed by atoms with Crippen molar-refractivity contribution < 1.29 is 27.2 Å². The van der Waals surface area contributed by atoms with Crippen molar-refractivity contribution in [2.45, 2.75) is 19.1 Å². The van der Waals surface area contributed by atoms with E-state index in [-0.39, 0.29) is 17.6 Å². The summed E-state index contributed by atoms with van der Waals surface area (Å²) in [4.78, 5) is 29.9. The Labute approximate surface area is 252 Å². The van der Waals surface area contributed by atoms with Crippen LogP contribution in [0.25, 0.3) is 11.1 Å². The summed E-state index contributed by atoms with van der Waals surface area (Å²) in [6, 6.07) is 22.3. The molecule has 4 aromatic rings. The number of piperazine rings is 1. The van der Waals surface area contributed by atoms with E-state index in [4.69, 9.17) is 5.73 Å². The van der Waals surface area contributed by atoms with Gasteiger partial charge in [0.05, 0.1) is 23.0 Å². The number of alkyl halides is 3. The van der Waals surface area contributed by atoms with E-state index in [1.54, 1.807) is 61.5 Å². The van der Waals surface area contributed by atoms with Gasteiger partial charge in [-0.1, -0.05) is 18.2 Å². The summed E-state index contributed by atoms with van der Waals surface area (Å²) in [5.41, 5.74) is 9.33. The third-order valence-electron chi connectivity index (χ3n) is 7.69. The number of halogens is 4. The number of carbonyl (C=O) groups is 2. The van der Waals surface area contributed by atoms with E-state index in [1.165, 1.54) is 24.3 Å². The van der Waals surface area contributed by atoms with Gasteiger partial charge in [0.25, 0.3) is 5.91 Å². The Morgan fingerprint density at radius 3 is 2.02 bits per heavy atom. The molecule has 0 bridgehead atoms. The van der Waals surface area contributed by atoms with Crippen molar-refractivity contribution in [1.82, 2.24) is 4.90 Å². The highest BCUT2D eigenvalue weighted by Gasteiger charge is 2.31. The molecular formula is C33H31F4N5O2. The van der Waals surface area contributed by atoms with E-state index in [1.807, 2.05) is 9.80 Å². The van der Waals surface area contributed by atoms with Crippen molar-refractivity contribution in [1.29, 1.82) is 0 Å². The van der Waals surface area contributed by atoms with Gasteiger partial charge in [-0.3, -0.25) is 14.5 Å². The van der Waals surface area contributed by atoms with Crippen molar-refractivity contribution in [3.63, 3.8) is 0 Å². The molecule has 1 aliphatic heterocycles. The molecule has 1 aliphatic rings. The maximum atomic E-state index is 13.3. The molecule has 2 amide bonds. The van der Waals surface area contributed by atoms with Gasteiger partial charge in [-0.05, 0) is 90.8 Å². The molecule has 1 atom stereocenters. The van der Waals surface area contributed by atoms with Gasteiger partial charge in [-0.2, -0.15) is 13.2 Å². The second kappa shape index (κ2) is 12.8. The van der Waals surface area contributed by atoms with Gasteiger partial charge in [0.1, 0.15) is 5.82 Å². The second-order valence-corrected chi connectivity index (χ2v) is 10.6. The highest BCUT2D eigenvalue weighted by atomic mass is 19.4. The van der Waals surface area contributed by atoms with Gasteiger partial charge in [-0.25, -0.2) is 4.39 Å². The molecule has 44 heavy (non-hydrogen) atoms. The lowest BCUT2D eigenvalue weighted by molar-refractivity contribution is -0.137. The predicted octanol–water partition coefficient (Wildman–Crippen LogP) is 6.50. The van der Waals surface area contributed by atoms with Crippen LogP contribution in [0.1, 0.15) is 22.8 Å². The zero-order valence-electron chi connectivity index (χ0n) is 23.9. The zero-order chi connectivity index (χ0) is 31.4. The van der Waals surface area contributed by atoms with E-state index in [0.717, 1.165) is 23.3 Å². The van der Waals surface area contributed by atoms with E-state index < -0.39 is 17.8 Å². The molecule has 1 heterocycles. The first-order valence-corrected chi connectivity index (χ1v) is 14.0. The van der Waals surface area contributed by atoms with Gasteiger partial charge in [-0.15, -0.1) is 0 Å². The minimum absolute atomic E-state index is 0.212. The molecule has 0 aromatic heterocycles. The molecule has 7 nitrogen and oxygen atoms in total. The van der Waals surface area contributed by atoms with Crippen molar-refractivity contribution in [3.8, 4) is 11.1 Å². The Balaban J connectivity index is 1.14. The highest BCUT2D eigenvalue weighted by Crippen LogP contribution is 2.31. The fourth-order valence-electron chi connectivity index (χ4n) is 5.03. The Morgan fingerprint density at radius 2 is 1.41 bits per heavy atom. The number of anilines is 4. The summed E-state index contributed by atoms with van der Waals surface area (Å²) in [5.74, 6) is -0.940. The monoisotopic (exact) mass is 605 g/mol. The lowest BCUT2D eigenvalue weighted by Gasteiger charge is -2.38. The van der Waals surface area contributed by atoms with Crippen LogP contribution in [-0.2, 0) is 11.0 Å². The molecule has 11 heteroatoms. The smallest absolute Gasteiger partial charge is 0.397 e. The van der Waals surface area contributed by atoms with Crippen molar-refractivity contribution in [3.05, 3.63) is 108 Å². The largest absolute Gasteiger partial charge is 0.416 e. The van der Waals surface area contributed by atoms with E-state index >= 15 is 0 Å². The Morgan fingerprint density at radius 1 is 0.795 bits per heavy atom. The van der Waals surface area contributed by atoms with Crippen LogP contribution >= 0.6 is 0 Å². The van der Waals surface area contributed by atoms with Crippen molar-refractivity contribution in [2.75, 3.05) is 47.4 Å². The summed E-state index contributed by atoms with van der Waals surface area (Å²) in [7, 11) is 0. The summed E-state index contributed by atoms with van der Waals surface area (Å²) >= 11 is 0. The zero-order valence-corrected chi connectivity index (χ0v) is 23.9. The van der Waals surface area contributed by atoms with Gasteiger partial charge >= 0.3 is 6.18 Å². The number of hydrogen-bond acceptors (Lipinski definition) is 5. The van der Waals surface area contributed by atoms with Crippen molar-refractivity contribution in [2.24, 2.45) is 0 Å². The standard InChI is InChI=1S/C33H31F4N5O2/c1-21(41-16-18-42(19-17-41)28-13-7-25(8-14-28)33(35,36)37)31(43)39-27-11-4-23(5-12-27)32(44)40-30-20-24(6-15-29(30)38)22-2-9-26(34)10-3-22/h2-15,20-21H,16-19,38H2,1H3,(H,39,43)(H,40,44). The fraction of sp³-hybridized carbons (Fsp3) is 0.212. The van der Waals surface area contributed by atoms with E-state index in [9.17, 15) is 27.2 Å². The molecule has 228 valence electrons. The van der Waals surface area contributed by atoms with Gasteiger partial charge in [0.15, 0.2) is 0 Å². The first-order valence-electron chi connectivity index (χ1n) is 14.0. The van der Waals surface area contributed by atoms with Gasteiger partial charge < -0.3 is 21.3 Å². The molecule has 4 aromatic carbocycles. The van der Waals surface area contributed by atoms with Crippen LogP contribution in [0.5, 0.6) is 0 Å².